The number of carbonyl (C=O) groups excluding carboxylic acids is 1. The summed E-state index contributed by atoms with van der Waals surface area (Å²) in [4.78, 5) is 15.1. The number of aryl methyl sites for hydroxylation is 3. The number of aromatic nitrogens is 3. The minimum atomic E-state index is -3.60. The Bertz CT molecular complexity index is 1270. The van der Waals surface area contributed by atoms with Crippen LogP contribution in [0.4, 0.5) is 0 Å². The summed E-state index contributed by atoms with van der Waals surface area (Å²) in [5, 5.41) is 8.29. The topological polar surface area (TPSA) is 88.4 Å². The highest BCUT2D eigenvalue weighted by molar-refractivity contribution is 7.89. The quantitative estimate of drug-likeness (QED) is 0.606. The Balaban J connectivity index is 1.48. The summed E-state index contributed by atoms with van der Waals surface area (Å²) >= 11 is 0. The van der Waals surface area contributed by atoms with Crippen LogP contribution < -0.4 is 0 Å². The van der Waals surface area contributed by atoms with E-state index >= 15 is 0 Å². The SMILES string of the molecule is Cc1cccc(-n2nnc(C(=O)N3CCN(S(=O)(=O)c4ccc(C)cc4C)CC3)c2C)c1. The molecule has 0 saturated carbocycles. The number of carbonyl (C=O) groups is 1. The fraction of sp³-hybridized carbons (Fsp3) is 0.348. The molecule has 0 unspecified atom stereocenters. The molecule has 168 valence electrons. The Labute approximate surface area is 188 Å². The van der Waals surface area contributed by atoms with Crippen LogP contribution in [0.2, 0.25) is 0 Å². The van der Waals surface area contributed by atoms with Crippen molar-refractivity contribution in [2.45, 2.75) is 32.6 Å². The van der Waals surface area contributed by atoms with E-state index in [1.165, 1.54) is 4.31 Å². The van der Waals surface area contributed by atoms with Gasteiger partial charge in [0, 0.05) is 26.2 Å². The molecule has 0 spiro atoms. The van der Waals surface area contributed by atoms with Crippen LogP contribution >= 0.6 is 0 Å². The van der Waals surface area contributed by atoms with Crippen molar-refractivity contribution in [2.24, 2.45) is 0 Å². The van der Waals surface area contributed by atoms with Crippen molar-refractivity contribution in [1.29, 1.82) is 0 Å². The highest BCUT2D eigenvalue weighted by atomic mass is 32.2. The summed E-state index contributed by atoms with van der Waals surface area (Å²) in [6.07, 6.45) is 0. The fourth-order valence-corrected chi connectivity index (χ4v) is 5.67. The summed E-state index contributed by atoms with van der Waals surface area (Å²) < 4.78 is 29.3. The van der Waals surface area contributed by atoms with Gasteiger partial charge in [-0.2, -0.15) is 4.31 Å². The lowest BCUT2D eigenvalue weighted by Gasteiger charge is -2.34. The number of benzene rings is 2. The van der Waals surface area contributed by atoms with Gasteiger partial charge in [-0.25, -0.2) is 13.1 Å². The monoisotopic (exact) mass is 453 g/mol. The molecule has 32 heavy (non-hydrogen) atoms. The average molecular weight is 454 g/mol. The fourth-order valence-electron chi connectivity index (χ4n) is 4.04. The molecule has 2 aromatic carbocycles. The van der Waals surface area contributed by atoms with Gasteiger partial charge in [-0.1, -0.05) is 35.0 Å². The molecule has 2 heterocycles. The van der Waals surface area contributed by atoms with Crippen LogP contribution in [-0.4, -0.2) is 64.7 Å². The Morgan fingerprint density at radius 1 is 0.906 bits per heavy atom. The van der Waals surface area contributed by atoms with Gasteiger partial charge in [0.25, 0.3) is 5.91 Å². The molecule has 1 fully saturated rings. The van der Waals surface area contributed by atoms with Gasteiger partial charge in [-0.15, -0.1) is 5.10 Å². The summed E-state index contributed by atoms with van der Waals surface area (Å²) in [7, 11) is -3.60. The van der Waals surface area contributed by atoms with Crippen molar-refractivity contribution in [1.82, 2.24) is 24.2 Å². The van der Waals surface area contributed by atoms with Crippen molar-refractivity contribution >= 4 is 15.9 Å². The molecule has 1 saturated heterocycles. The predicted octanol–water partition coefficient (Wildman–Crippen LogP) is 2.65. The summed E-state index contributed by atoms with van der Waals surface area (Å²) in [5.41, 5.74) is 4.63. The van der Waals surface area contributed by atoms with Crippen molar-refractivity contribution in [3.8, 4) is 5.69 Å². The van der Waals surface area contributed by atoms with Gasteiger partial charge in [0.05, 0.1) is 16.3 Å². The van der Waals surface area contributed by atoms with Gasteiger partial charge in [-0.05, 0) is 57.0 Å². The molecule has 1 aliphatic heterocycles. The van der Waals surface area contributed by atoms with E-state index in [9.17, 15) is 13.2 Å². The molecule has 0 N–H and O–H groups in total. The lowest BCUT2D eigenvalue weighted by molar-refractivity contribution is 0.0691. The maximum absolute atomic E-state index is 13.1. The maximum Gasteiger partial charge on any atom is 0.276 e. The van der Waals surface area contributed by atoms with Crippen LogP contribution in [0.15, 0.2) is 47.4 Å². The van der Waals surface area contributed by atoms with Crippen LogP contribution in [-0.2, 0) is 10.0 Å². The van der Waals surface area contributed by atoms with Crippen LogP contribution in [0.1, 0.15) is 32.9 Å². The second-order valence-corrected chi connectivity index (χ2v) is 10.1. The third-order valence-electron chi connectivity index (χ3n) is 5.82. The highest BCUT2D eigenvalue weighted by Crippen LogP contribution is 2.23. The number of sulfonamides is 1. The van der Waals surface area contributed by atoms with Crippen LogP contribution in [0.3, 0.4) is 0 Å². The molecule has 1 aromatic heterocycles. The molecule has 0 atom stereocenters. The van der Waals surface area contributed by atoms with Crippen molar-refractivity contribution < 1.29 is 13.2 Å². The molecule has 8 nitrogen and oxygen atoms in total. The van der Waals surface area contributed by atoms with Gasteiger partial charge in [0.1, 0.15) is 0 Å². The van der Waals surface area contributed by atoms with Crippen molar-refractivity contribution in [3.05, 3.63) is 70.5 Å². The van der Waals surface area contributed by atoms with E-state index < -0.39 is 10.0 Å². The summed E-state index contributed by atoms with van der Waals surface area (Å²) in [5.74, 6) is -0.232. The van der Waals surface area contributed by atoms with E-state index in [4.69, 9.17) is 0 Å². The molecular weight excluding hydrogens is 426 g/mol. The van der Waals surface area contributed by atoms with Gasteiger partial charge >= 0.3 is 0 Å². The van der Waals surface area contributed by atoms with Crippen LogP contribution in [0.25, 0.3) is 5.69 Å². The van der Waals surface area contributed by atoms with E-state index in [1.807, 2.05) is 51.1 Å². The molecule has 1 aliphatic rings. The number of piperazine rings is 1. The average Bonchev–Trinajstić information content (AvgIpc) is 3.14. The summed E-state index contributed by atoms with van der Waals surface area (Å²) in [6.45, 7) is 8.65. The minimum absolute atomic E-state index is 0.232. The Morgan fingerprint density at radius 3 is 2.25 bits per heavy atom. The van der Waals surface area contributed by atoms with Gasteiger partial charge in [-0.3, -0.25) is 4.79 Å². The van der Waals surface area contributed by atoms with Crippen molar-refractivity contribution in [2.75, 3.05) is 26.2 Å². The summed E-state index contributed by atoms with van der Waals surface area (Å²) in [6, 6.07) is 13.2. The van der Waals surface area contributed by atoms with E-state index in [0.717, 1.165) is 22.4 Å². The lowest BCUT2D eigenvalue weighted by Crippen LogP contribution is -2.50. The molecule has 9 heteroatoms. The lowest BCUT2D eigenvalue weighted by atomic mass is 10.2. The number of nitrogens with zero attached hydrogens (tertiary/aromatic N) is 5. The van der Waals surface area contributed by atoms with Crippen LogP contribution in [0.5, 0.6) is 0 Å². The molecular formula is C23H27N5O3S. The predicted molar refractivity (Wildman–Crippen MR) is 121 cm³/mol. The molecule has 4 rings (SSSR count). The Hall–Kier alpha value is -3.04. The molecule has 0 radical (unpaired) electrons. The van der Waals surface area contributed by atoms with Crippen molar-refractivity contribution in [3.63, 3.8) is 0 Å². The third-order valence-corrected chi connectivity index (χ3v) is 7.88. The zero-order valence-corrected chi connectivity index (χ0v) is 19.6. The number of hydrogen-bond acceptors (Lipinski definition) is 5. The first-order valence-electron chi connectivity index (χ1n) is 10.5. The smallest absolute Gasteiger partial charge is 0.276 e. The molecule has 3 aromatic rings. The van der Waals surface area contributed by atoms with E-state index in [1.54, 1.807) is 28.6 Å². The van der Waals surface area contributed by atoms with Crippen LogP contribution in [0, 0.1) is 27.7 Å². The van der Waals surface area contributed by atoms with E-state index in [2.05, 4.69) is 10.3 Å². The first kappa shape index (κ1) is 22.2. The first-order valence-corrected chi connectivity index (χ1v) is 12.0. The second-order valence-electron chi connectivity index (χ2n) is 8.24. The molecule has 0 bridgehead atoms. The van der Waals surface area contributed by atoms with E-state index in [-0.39, 0.29) is 24.7 Å². The normalized spacial score (nSPS) is 15.2. The highest BCUT2D eigenvalue weighted by Gasteiger charge is 2.32. The van der Waals surface area contributed by atoms with Gasteiger partial charge < -0.3 is 4.90 Å². The zero-order chi connectivity index (χ0) is 23.0. The second kappa shape index (κ2) is 8.48. The minimum Gasteiger partial charge on any atom is -0.335 e. The number of rotatable bonds is 4. The standard InChI is InChI=1S/C23H27N5O3S/c1-16-6-5-7-20(15-16)28-19(4)22(24-25-28)23(29)26-10-12-27(13-11-26)32(30,31)21-9-8-17(2)14-18(21)3/h5-9,14-15H,10-13H2,1-4H3. The molecule has 0 aliphatic carbocycles. The zero-order valence-electron chi connectivity index (χ0n) is 18.7. The first-order chi connectivity index (χ1) is 15.2. The largest absolute Gasteiger partial charge is 0.335 e. The Kier molecular flexibility index (Phi) is 5.87. The number of hydrogen-bond donors (Lipinski definition) is 0. The maximum atomic E-state index is 13.1. The van der Waals surface area contributed by atoms with E-state index in [0.29, 0.717) is 23.7 Å². The molecule has 1 amide bonds. The van der Waals surface area contributed by atoms with Gasteiger partial charge in [0.15, 0.2) is 5.69 Å². The van der Waals surface area contributed by atoms with Gasteiger partial charge in [0.2, 0.25) is 10.0 Å². The number of amides is 1. The Morgan fingerprint density at radius 2 is 1.59 bits per heavy atom. The third kappa shape index (κ3) is 4.05.